The molecule has 118 valence electrons. The molecular weight excluding hydrogens is 250 g/mol. The Hall–Kier alpha value is -0.610. The average molecular weight is 283 g/mol. The number of carbonyl (C=O) groups excluding carboxylic acids is 1. The summed E-state index contributed by atoms with van der Waals surface area (Å²) >= 11 is 0. The molecule has 0 aliphatic heterocycles. The van der Waals surface area contributed by atoms with E-state index in [-0.39, 0.29) is 11.4 Å². The van der Waals surface area contributed by atoms with Gasteiger partial charge < -0.3 is 11.1 Å². The van der Waals surface area contributed by atoms with Crippen molar-refractivity contribution in [1.82, 2.24) is 10.2 Å². The van der Waals surface area contributed by atoms with Gasteiger partial charge in [-0.05, 0) is 46.1 Å². The first-order chi connectivity index (χ1) is 9.48. The van der Waals surface area contributed by atoms with E-state index < -0.39 is 0 Å². The summed E-state index contributed by atoms with van der Waals surface area (Å²) in [7, 11) is 0. The van der Waals surface area contributed by atoms with E-state index in [0.717, 1.165) is 19.4 Å². The van der Waals surface area contributed by atoms with Gasteiger partial charge in [-0.25, -0.2) is 0 Å². The molecule has 4 heteroatoms. The van der Waals surface area contributed by atoms with E-state index in [1.165, 1.54) is 32.1 Å². The van der Waals surface area contributed by atoms with Crippen molar-refractivity contribution in [3.8, 4) is 0 Å². The zero-order chi connectivity index (χ0) is 15.0. The predicted octanol–water partition coefficient (Wildman–Crippen LogP) is 2.27. The molecule has 0 atom stereocenters. The van der Waals surface area contributed by atoms with Crippen molar-refractivity contribution in [2.45, 2.75) is 77.3 Å². The van der Waals surface area contributed by atoms with Crippen LogP contribution < -0.4 is 11.1 Å². The summed E-state index contributed by atoms with van der Waals surface area (Å²) in [5.74, 6) is 0.152. The standard InChI is InChI=1S/C16H33N3O/c1-4-16(2,3)18-15(20)13-19(12-8-11-17)14-9-6-5-7-10-14/h14H,4-13,17H2,1-3H3,(H,18,20). The topological polar surface area (TPSA) is 58.4 Å². The van der Waals surface area contributed by atoms with E-state index in [1.807, 2.05) is 0 Å². The van der Waals surface area contributed by atoms with Gasteiger partial charge >= 0.3 is 0 Å². The largest absolute Gasteiger partial charge is 0.350 e. The maximum absolute atomic E-state index is 12.2. The summed E-state index contributed by atoms with van der Waals surface area (Å²) < 4.78 is 0. The minimum atomic E-state index is -0.108. The lowest BCUT2D eigenvalue weighted by atomic mass is 9.94. The number of carbonyl (C=O) groups is 1. The molecule has 0 aromatic rings. The third-order valence-electron chi connectivity index (χ3n) is 4.45. The zero-order valence-corrected chi connectivity index (χ0v) is 13.6. The molecule has 1 saturated carbocycles. The zero-order valence-electron chi connectivity index (χ0n) is 13.6. The van der Waals surface area contributed by atoms with Crippen LogP contribution in [0.15, 0.2) is 0 Å². The first-order valence-corrected chi connectivity index (χ1v) is 8.23. The maximum atomic E-state index is 12.2. The van der Waals surface area contributed by atoms with Crippen LogP contribution in [0.5, 0.6) is 0 Å². The molecule has 0 heterocycles. The van der Waals surface area contributed by atoms with Crippen LogP contribution in [-0.4, -0.2) is 42.0 Å². The van der Waals surface area contributed by atoms with Crippen LogP contribution in [0, 0.1) is 0 Å². The van der Waals surface area contributed by atoms with Crippen LogP contribution in [0.2, 0.25) is 0 Å². The third-order valence-corrected chi connectivity index (χ3v) is 4.45. The molecule has 1 amide bonds. The molecule has 1 fully saturated rings. The predicted molar refractivity (Wildman–Crippen MR) is 84.6 cm³/mol. The van der Waals surface area contributed by atoms with Crippen molar-refractivity contribution in [1.29, 1.82) is 0 Å². The molecule has 0 spiro atoms. The summed E-state index contributed by atoms with van der Waals surface area (Å²) in [6, 6.07) is 0.575. The fourth-order valence-electron chi connectivity index (χ4n) is 2.82. The second kappa shape index (κ2) is 8.63. The van der Waals surface area contributed by atoms with E-state index in [2.05, 4.69) is 31.0 Å². The van der Waals surface area contributed by atoms with Crippen LogP contribution in [-0.2, 0) is 4.79 Å². The Bertz CT molecular complexity index is 285. The van der Waals surface area contributed by atoms with Gasteiger partial charge in [-0.15, -0.1) is 0 Å². The van der Waals surface area contributed by atoms with Crippen LogP contribution >= 0.6 is 0 Å². The molecule has 1 aliphatic rings. The summed E-state index contributed by atoms with van der Waals surface area (Å²) in [5, 5.41) is 3.14. The fourth-order valence-corrected chi connectivity index (χ4v) is 2.82. The van der Waals surface area contributed by atoms with E-state index >= 15 is 0 Å². The van der Waals surface area contributed by atoms with E-state index in [4.69, 9.17) is 5.73 Å². The van der Waals surface area contributed by atoms with E-state index in [0.29, 0.717) is 19.1 Å². The summed E-state index contributed by atoms with van der Waals surface area (Å²) in [6.07, 6.45) is 8.32. The normalized spacial score (nSPS) is 17.4. The maximum Gasteiger partial charge on any atom is 0.234 e. The third kappa shape index (κ3) is 6.23. The summed E-state index contributed by atoms with van der Waals surface area (Å²) in [4.78, 5) is 14.6. The van der Waals surface area contributed by atoms with E-state index in [1.54, 1.807) is 0 Å². The fraction of sp³-hybridized carbons (Fsp3) is 0.938. The Morgan fingerprint density at radius 2 is 1.95 bits per heavy atom. The monoisotopic (exact) mass is 283 g/mol. The molecular formula is C16H33N3O. The average Bonchev–Trinajstić information content (AvgIpc) is 2.44. The quantitative estimate of drug-likeness (QED) is 0.718. The summed E-state index contributed by atoms with van der Waals surface area (Å²) in [5.41, 5.74) is 5.53. The molecule has 0 unspecified atom stereocenters. The Labute approximate surface area is 124 Å². The number of nitrogens with one attached hydrogen (secondary N) is 1. The van der Waals surface area contributed by atoms with Crippen molar-refractivity contribution in [2.75, 3.05) is 19.6 Å². The first-order valence-electron chi connectivity index (χ1n) is 8.23. The highest BCUT2D eigenvalue weighted by atomic mass is 16.2. The Balaban J connectivity index is 2.52. The number of nitrogens with two attached hydrogens (primary N) is 1. The van der Waals surface area contributed by atoms with Gasteiger partial charge in [0.25, 0.3) is 0 Å². The van der Waals surface area contributed by atoms with Crippen LogP contribution in [0.25, 0.3) is 0 Å². The lowest BCUT2D eigenvalue weighted by molar-refractivity contribution is -0.124. The van der Waals surface area contributed by atoms with Crippen molar-refractivity contribution in [2.24, 2.45) is 5.73 Å². The van der Waals surface area contributed by atoms with Gasteiger partial charge in [-0.1, -0.05) is 26.2 Å². The van der Waals surface area contributed by atoms with E-state index in [9.17, 15) is 4.79 Å². The number of rotatable bonds is 8. The lowest BCUT2D eigenvalue weighted by Crippen LogP contribution is -2.50. The van der Waals surface area contributed by atoms with Gasteiger partial charge in [0, 0.05) is 18.1 Å². The molecule has 4 nitrogen and oxygen atoms in total. The second-order valence-corrected chi connectivity index (χ2v) is 6.69. The van der Waals surface area contributed by atoms with Gasteiger partial charge in [0.1, 0.15) is 0 Å². The van der Waals surface area contributed by atoms with Gasteiger partial charge in [0.2, 0.25) is 5.91 Å². The van der Waals surface area contributed by atoms with Crippen molar-refractivity contribution >= 4 is 5.91 Å². The Kier molecular flexibility index (Phi) is 7.52. The number of hydrogen-bond acceptors (Lipinski definition) is 3. The van der Waals surface area contributed by atoms with Gasteiger partial charge in [0.15, 0.2) is 0 Å². The van der Waals surface area contributed by atoms with Crippen LogP contribution in [0.4, 0.5) is 0 Å². The van der Waals surface area contributed by atoms with Crippen molar-refractivity contribution in [3.63, 3.8) is 0 Å². The molecule has 0 aromatic heterocycles. The van der Waals surface area contributed by atoms with Crippen LogP contribution in [0.1, 0.15) is 65.7 Å². The van der Waals surface area contributed by atoms with Gasteiger partial charge in [-0.3, -0.25) is 9.69 Å². The Morgan fingerprint density at radius 3 is 2.50 bits per heavy atom. The van der Waals surface area contributed by atoms with Crippen LogP contribution in [0.3, 0.4) is 0 Å². The molecule has 0 saturated heterocycles. The number of amides is 1. The second-order valence-electron chi connectivity index (χ2n) is 6.69. The molecule has 0 radical (unpaired) electrons. The summed E-state index contributed by atoms with van der Waals surface area (Å²) in [6.45, 7) is 8.43. The molecule has 20 heavy (non-hydrogen) atoms. The minimum absolute atomic E-state index is 0.108. The number of hydrogen-bond donors (Lipinski definition) is 2. The molecule has 0 bridgehead atoms. The number of nitrogens with zero attached hydrogens (tertiary/aromatic N) is 1. The minimum Gasteiger partial charge on any atom is -0.350 e. The highest BCUT2D eigenvalue weighted by Gasteiger charge is 2.24. The molecule has 1 aliphatic carbocycles. The van der Waals surface area contributed by atoms with Gasteiger partial charge in [0.05, 0.1) is 6.54 Å². The SMILES string of the molecule is CCC(C)(C)NC(=O)CN(CCCN)C1CCCCC1. The Morgan fingerprint density at radius 1 is 1.30 bits per heavy atom. The molecule has 3 N–H and O–H groups in total. The molecule has 0 aromatic carbocycles. The van der Waals surface area contributed by atoms with Crippen molar-refractivity contribution < 1.29 is 4.79 Å². The lowest BCUT2D eigenvalue weighted by Gasteiger charge is -2.35. The molecule has 1 rings (SSSR count). The van der Waals surface area contributed by atoms with Crippen molar-refractivity contribution in [3.05, 3.63) is 0 Å². The first kappa shape index (κ1) is 17.4. The highest BCUT2D eigenvalue weighted by molar-refractivity contribution is 5.78. The smallest absolute Gasteiger partial charge is 0.234 e. The van der Waals surface area contributed by atoms with Gasteiger partial charge in [-0.2, -0.15) is 0 Å². The highest BCUT2D eigenvalue weighted by Crippen LogP contribution is 2.22.